The number of halogens is 1. The molecule has 0 unspecified atom stereocenters. The Morgan fingerprint density at radius 3 is 1.17 bits per heavy atom. The molecule has 0 radical (unpaired) electrons. The van der Waals surface area contributed by atoms with Crippen molar-refractivity contribution in [1.82, 2.24) is 4.90 Å². The summed E-state index contributed by atoms with van der Waals surface area (Å²) in [6.45, 7) is 5.06. The van der Waals surface area contributed by atoms with Crippen LogP contribution >= 0.6 is 17.0 Å². The van der Waals surface area contributed by atoms with E-state index in [1.165, 1.54) is 89.9 Å². The van der Waals surface area contributed by atoms with E-state index in [2.05, 4.69) is 11.8 Å². The summed E-state index contributed by atoms with van der Waals surface area (Å²) < 4.78 is 0. The van der Waals surface area contributed by atoms with Crippen LogP contribution in [0.25, 0.3) is 0 Å². The molecule has 0 saturated heterocycles. The summed E-state index contributed by atoms with van der Waals surface area (Å²) in [6.07, 6.45) is 19.4. The summed E-state index contributed by atoms with van der Waals surface area (Å²) in [4.78, 5) is 2.15. The van der Waals surface area contributed by atoms with Crippen molar-refractivity contribution in [3.8, 4) is 0 Å². The van der Waals surface area contributed by atoms with Gasteiger partial charge >= 0.3 is 0 Å². The van der Waals surface area contributed by atoms with Crippen LogP contribution in [-0.2, 0) is 0 Å². The van der Waals surface area contributed by atoms with Crippen LogP contribution in [0.5, 0.6) is 0 Å². The first-order chi connectivity index (χ1) is 11.3. The smallest absolute Gasteiger partial charge is 0.0558 e. The van der Waals surface area contributed by atoms with Gasteiger partial charge in [-0.3, -0.25) is 4.90 Å². The summed E-state index contributed by atoms with van der Waals surface area (Å²) in [7, 11) is 0. The third-order valence-electron chi connectivity index (χ3n) is 4.66. The van der Waals surface area contributed by atoms with Crippen LogP contribution in [0.3, 0.4) is 0 Å². The molecule has 0 aromatic heterocycles. The third kappa shape index (κ3) is 20.4. The van der Waals surface area contributed by atoms with Gasteiger partial charge in [0.15, 0.2) is 0 Å². The number of hydrogen-bond acceptors (Lipinski definition) is 3. The molecule has 4 heteroatoms. The molecule has 2 N–H and O–H groups in total. The van der Waals surface area contributed by atoms with Crippen molar-refractivity contribution < 1.29 is 10.2 Å². The largest absolute Gasteiger partial charge is 0.395 e. The molecular formula is C20H44BrNO2. The van der Waals surface area contributed by atoms with Crippen molar-refractivity contribution in [3.63, 3.8) is 0 Å². The number of rotatable bonds is 19. The third-order valence-corrected chi connectivity index (χ3v) is 4.66. The molecule has 148 valence electrons. The van der Waals surface area contributed by atoms with Gasteiger partial charge in [0.1, 0.15) is 0 Å². The highest BCUT2D eigenvalue weighted by molar-refractivity contribution is 8.93. The van der Waals surface area contributed by atoms with Crippen molar-refractivity contribution in [2.45, 2.75) is 96.8 Å². The number of unbranched alkanes of at least 4 members (excludes halogenated alkanes) is 13. The Hall–Kier alpha value is 0.360. The Labute approximate surface area is 162 Å². The molecular weight excluding hydrogens is 366 g/mol. The summed E-state index contributed by atoms with van der Waals surface area (Å²) in [5, 5.41) is 17.9. The molecule has 0 aromatic rings. The monoisotopic (exact) mass is 409 g/mol. The molecule has 0 bridgehead atoms. The minimum absolute atomic E-state index is 0. The highest BCUT2D eigenvalue weighted by Crippen LogP contribution is 2.13. The zero-order chi connectivity index (χ0) is 17.0. The fraction of sp³-hybridized carbons (Fsp3) is 1.00. The fourth-order valence-corrected chi connectivity index (χ4v) is 3.15. The molecule has 0 aliphatic rings. The lowest BCUT2D eigenvalue weighted by molar-refractivity contribution is 0.159. The van der Waals surface area contributed by atoms with Gasteiger partial charge in [-0.25, -0.2) is 0 Å². The van der Waals surface area contributed by atoms with Gasteiger partial charge in [0.2, 0.25) is 0 Å². The van der Waals surface area contributed by atoms with E-state index in [-0.39, 0.29) is 30.2 Å². The SMILES string of the molecule is Br.CCCCCCCCCCCCCCCCN(CCO)CCO. The zero-order valence-electron chi connectivity index (χ0n) is 16.2. The van der Waals surface area contributed by atoms with Gasteiger partial charge in [-0.05, 0) is 13.0 Å². The van der Waals surface area contributed by atoms with Gasteiger partial charge in [-0.2, -0.15) is 0 Å². The van der Waals surface area contributed by atoms with Crippen molar-refractivity contribution in [2.75, 3.05) is 32.8 Å². The molecule has 0 amide bonds. The molecule has 3 nitrogen and oxygen atoms in total. The summed E-state index contributed by atoms with van der Waals surface area (Å²) in [5.74, 6) is 0. The van der Waals surface area contributed by atoms with Gasteiger partial charge in [-0.15, -0.1) is 17.0 Å². The van der Waals surface area contributed by atoms with Crippen LogP contribution in [0.4, 0.5) is 0 Å². The average molecular weight is 410 g/mol. The molecule has 24 heavy (non-hydrogen) atoms. The quantitative estimate of drug-likeness (QED) is 0.283. The Kier molecular flexibility index (Phi) is 25.9. The minimum Gasteiger partial charge on any atom is -0.395 e. The van der Waals surface area contributed by atoms with Gasteiger partial charge < -0.3 is 10.2 Å². The standard InChI is InChI=1S/C20H43NO2.BrH/c1-2-3-4-5-6-7-8-9-10-11-12-13-14-15-16-21(17-19-22)18-20-23;/h22-23H,2-20H2,1H3;1H. The van der Waals surface area contributed by atoms with E-state index in [1.807, 2.05) is 0 Å². The van der Waals surface area contributed by atoms with Crippen LogP contribution < -0.4 is 0 Å². The first kappa shape index (κ1) is 26.6. The van der Waals surface area contributed by atoms with E-state index < -0.39 is 0 Å². The van der Waals surface area contributed by atoms with Gasteiger partial charge in [0.25, 0.3) is 0 Å². The van der Waals surface area contributed by atoms with E-state index in [1.54, 1.807) is 0 Å². The Morgan fingerprint density at radius 1 is 0.500 bits per heavy atom. The van der Waals surface area contributed by atoms with Gasteiger partial charge in [-0.1, -0.05) is 90.4 Å². The second-order valence-corrected chi connectivity index (χ2v) is 6.89. The molecule has 0 aliphatic carbocycles. The highest BCUT2D eigenvalue weighted by atomic mass is 79.9. The van der Waals surface area contributed by atoms with Gasteiger partial charge in [0.05, 0.1) is 13.2 Å². The Balaban J connectivity index is 0. The van der Waals surface area contributed by atoms with Crippen molar-refractivity contribution >= 4 is 17.0 Å². The summed E-state index contributed by atoms with van der Waals surface area (Å²) in [6, 6.07) is 0. The van der Waals surface area contributed by atoms with Crippen molar-refractivity contribution in [2.24, 2.45) is 0 Å². The lowest BCUT2D eigenvalue weighted by atomic mass is 10.0. The normalized spacial score (nSPS) is 11.0. The van der Waals surface area contributed by atoms with Crippen LogP contribution in [-0.4, -0.2) is 48.0 Å². The number of aliphatic hydroxyl groups excluding tert-OH is 2. The Morgan fingerprint density at radius 2 is 0.833 bits per heavy atom. The van der Waals surface area contributed by atoms with Gasteiger partial charge in [0, 0.05) is 13.1 Å². The predicted octanol–water partition coefficient (Wildman–Crippen LogP) is 5.33. The first-order valence-electron chi connectivity index (χ1n) is 10.3. The Bertz CT molecular complexity index is 212. The van der Waals surface area contributed by atoms with Crippen LogP contribution in [0.1, 0.15) is 96.8 Å². The van der Waals surface area contributed by atoms with Crippen LogP contribution in [0, 0.1) is 0 Å². The molecule has 0 aliphatic heterocycles. The highest BCUT2D eigenvalue weighted by Gasteiger charge is 2.02. The van der Waals surface area contributed by atoms with E-state index in [0.29, 0.717) is 13.1 Å². The van der Waals surface area contributed by atoms with E-state index >= 15 is 0 Å². The topological polar surface area (TPSA) is 43.7 Å². The molecule has 0 atom stereocenters. The average Bonchev–Trinajstić information content (AvgIpc) is 2.55. The van der Waals surface area contributed by atoms with E-state index in [0.717, 1.165) is 6.54 Å². The van der Waals surface area contributed by atoms with Crippen molar-refractivity contribution in [1.29, 1.82) is 0 Å². The summed E-state index contributed by atoms with van der Waals surface area (Å²) in [5.41, 5.74) is 0. The van der Waals surface area contributed by atoms with E-state index in [9.17, 15) is 0 Å². The maximum Gasteiger partial charge on any atom is 0.0558 e. The predicted molar refractivity (Wildman–Crippen MR) is 111 cm³/mol. The minimum atomic E-state index is 0. The zero-order valence-corrected chi connectivity index (χ0v) is 17.9. The second-order valence-electron chi connectivity index (χ2n) is 6.89. The van der Waals surface area contributed by atoms with Crippen molar-refractivity contribution in [3.05, 3.63) is 0 Å². The van der Waals surface area contributed by atoms with E-state index in [4.69, 9.17) is 10.2 Å². The molecule has 0 rings (SSSR count). The molecule has 0 fully saturated rings. The van der Waals surface area contributed by atoms with Crippen LogP contribution in [0.2, 0.25) is 0 Å². The number of hydrogen-bond donors (Lipinski definition) is 2. The summed E-state index contributed by atoms with van der Waals surface area (Å²) >= 11 is 0. The fourth-order valence-electron chi connectivity index (χ4n) is 3.15. The maximum atomic E-state index is 8.96. The lowest BCUT2D eigenvalue weighted by Crippen LogP contribution is -2.30. The second kappa shape index (κ2) is 23.4. The maximum absolute atomic E-state index is 8.96. The number of aliphatic hydroxyl groups is 2. The molecule has 0 spiro atoms. The number of nitrogens with zero attached hydrogens (tertiary/aromatic N) is 1. The molecule has 0 heterocycles. The van der Waals surface area contributed by atoms with Crippen LogP contribution in [0.15, 0.2) is 0 Å². The molecule has 0 saturated carbocycles. The first-order valence-corrected chi connectivity index (χ1v) is 10.3. The lowest BCUT2D eigenvalue weighted by Gasteiger charge is -2.19. The molecule has 0 aromatic carbocycles.